The van der Waals surface area contributed by atoms with Crippen LogP contribution < -0.4 is 4.74 Å². The molecule has 3 rings (SSSR count). The van der Waals surface area contributed by atoms with Crippen molar-refractivity contribution < 1.29 is 9.13 Å². The highest BCUT2D eigenvalue weighted by Gasteiger charge is 2.02. The second-order valence-electron chi connectivity index (χ2n) is 5.40. The summed E-state index contributed by atoms with van der Waals surface area (Å²) in [6.45, 7) is 4.02. The van der Waals surface area contributed by atoms with Gasteiger partial charge in [-0.15, -0.1) is 0 Å². The maximum absolute atomic E-state index is 13.2. The fraction of sp³-hybridized carbons (Fsp3) is 0.158. The molecule has 0 aromatic heterocycles. The number of halogens is 1. The van der Waals surface area contributed by atoms with Gasteiger partial charge in [0, 0.05) is 0 Å². The number of hydrogen-bond acceptors (Lipinski definition) is 1. The third kappa shape index (κ3) is 3.05. The van der Waals surface area contributed by atoms with Gasteiger partial charge in [-0.3, -0.25) is 0 Å². The van der Waals surface area contributed by atoms with Gasteiger partial charge in [-0.25, -0.2) is 4.39 Å². The first kappa shape index (κ1) is 13.6. The van der Waals surface area contributed by atoms with E-state index in [0.717, 1.165) is 27.6 Å². The first-order valence-corrected chi connectivity index (χ1v) is 7.08. The van der Waals surface area contributed by atoms with Gasteiger partial charge in [0.1, 0.15) is 11.6 Å². The average Bonchev–Trinajstić information content (AvgIpc) is 2.47. The van der Waals surface area contributed by atoms with E-state index in [0.29, 0.717) is 0 Å². The van der Waals surface area contributed by atoms with Gasteiger partial charge < -0.3 is 4.74 Å². The average molecular weight is 280 g/mol. The van der Waals surface area contributed by atoms with Gasteiger partial charge in [-0.2, -0.15) is 0 Å². The molecule has 21 heavy (non-hydrogen) atoms. The van der Waals surface area contributed by atoms with Crippen LogP contribution in [0.4, 0.5) is 4.39 Å². The van der Waals surface area contributed by atoms with Gasteiger partial charge in [0.15, 0.2) is 0 Å². The molecule has 3 aromatic rings. The maximum Gasteiger partial charge on any atom is 0.123 e. The molecule has 1 nitrogen and oxygen atoms in total. The number of hydrogen-bond donors (Lipinski definition) is 0. The standard InChI is InChI=1S/C19H17FO/c1-13(2)21-19-9-6-14(7-10-19)15-3-4-17-12-18(20)8-5-16(17)11-15/h3-13H,1-2H3. The van der Waals surface area contributed by atoms with Crippen molar-refractivity contribution in [2.75, 3.05) is 0 Å². The zero-order chi connectivity index (χ0) is 14.8. The van der Waals surface area contributed by atoms with Gasteiger partial charge >= 0.3 is 0 Å². The largest absolute Gasteiger partial charge is 0.491 e. The SMILES string of the molecule is CC(C)Oc1ccc(-c2ccc3cc(F)ccc3c2)cc1. The molecule has 0 aliphatic heterocycles. The third-order valence-electron chi connectivity index (χ3n) is 3.36. The molecule has 0 radical (unpaired) electrons. The minimum absolute atomic E-state index is 0.173. The van der Waals surface area contributed by atoms with Crippen LogP contribution in [-0.4, -0.2) is 6.10 Å². The Morgan fingerprint density at radius 1 is 0.762 bits per heavy atom. The summed E-state index contributed by atoms with van der Waals surface area (Å²) in [7, 11) is 0. The van der Waals surface area contributed by atoms with Crippen molar-refractivity contribution in [3.8, 4) is 16.9 Å². The zero-order valence-corrected chi connectivity index (χ0v) is 12.1. The second-order valence-corrected chi connectivity index (χ2v) is 5.40. The van der Waals surface area contributed by atoms with Crippen LogP contribution in [-0.2, 0) is 0 Å². The van der Waals surface area contributed by atoms with E-state index < -0.39 is 0 Å². The first-order valence-electron chi connectivity index (χ1n) is 7.08. The van der Waals surface area contributed by atoms with Gasteiger partial charge in [-0.1, -0.05) is 30.3 Å². The van der Waals surface area contributed by atoms with Crippen molar-refractivity contribution >= 4 is 10.8 Å². The molecule has 0 amide bonds. The lowest BCUT2D eigenvalue weighted by Gasteiger charge is -2.10. The molecule has 0 aliphatic carbocycles. The van der Waals surface area contributed by atoms with E-state index >= 15 is 0 Å². The lowest BCUT2D eigenvalue weighted by molar-refractivity contribution is 0.242. The Morgan fingerprint density at radius 2 is 1.38 bits per heavy atom. The Hall–Kier alpha value is -2.35. The van der Waals surface area contributed by atoms with Crippen LogP contribution in [0.1, 0.15) is 13.8 Å². The van der Waals surface area contributed by atoms with Crippen molar-refractivity contribution in [1.82, 2.24) is 0 Å². The van der Waals surface area contributed by atoms with Crippen LogP contribution in [0.5, 0.6) is 5.75 Å². The molecule has 106 valence electrons. The first-order chi connectivity index (χ1) is 10.1. The molecule has 0 bridgehead atoms. The van der Waals surface area contributed by atoms with Crippen LogP contribution in [0.3, 0.4) is 0 Å². The molecule has 0 saturated heterocycles. The molecule has 0 unspecified atom stereocenters. The Labute approximate surface area is 124 Å². The van der Waals surface area contributed by atoms with E-state index in [4.69, 9.17) is 4.74 Å². The molecule has 0 N–H and O–H groups in total. The predicted molar refractivity (Wildman–Crippen MR) is 85.1 cm³/mol. The van der Waals surface area contributed by atoms with Crippen LogP contribution in [0.25, 0.3) is 21.9 Å². The predicted octanol–water partition coefficient (Wildman–Crippen LogP) is 5.43. The molecule has 0 aliphatic rings. The summed E-state index contributed by atoms with van der Waals surface area (Å²) in [5.41, 5.74) is 2.24. The number of benzene rings is 3. The van der Waals surface area contributed by atoms with Crippen molar-refractivity contribution in [2.45, 2.75) is 20.0 Å². The van der Waals surface area contributed by atoms with Crippen LogP contribution in [0.15, 0.2) is 60.7 Å². The van der Waals surface area contributed by atoms with Crippen LogP contribution in [0, 0.1) is 5.82 Å². The molecular formula is C19H17FO. The quantitative estimate of drug-likeness (QED) is 0.621. The Morgan fingerprint density at radius 3 is 2.10 bits per heavy atom. The van der Waals surface area contributed by atoms with Crippen LogP contribution >= 0.6 is 0 Å². The lowest BCUT2D eigenvalue weighted by atomic mass is 10.0. The number of rotatable bonds is 3. The Bertz CT molecular complexity index is 760. The molecule has 0 fully saturated rings. The van der Waals surface area contributed by atoms with Crippen molar-refractivity contribution in [2.24, 2.45) is 0 Å². The molecular weight excluding hydrogens is 263 g/mol. The van der Waals surface area contributed by atoms with Gasteiger partial charge in [0.25, 0.3) is 0 Å². The fourth-order valence-corrected chi connectivity index (χ4v) is 2.39. The summed E-state index contributed by atoms with van der Waals surface area (Å²) < 4.78 is 18.8. The van der Waals surface area contributed by atoms with Gasteiger partial charge in [-0.05, 0) is 66.1 Å². The lowest BCUT2D eigenvalue weighted by Crippen LogP contribution is -2.05. The molecule has 0 saturated carbocycles. The highest BCUT2D eigenvalue weighted by molar-refractivity contribution is 5.87. The highest BCUT2D eigenvalue weighted by atomic mass is 19.1. The Balaban J connectivity index is 1.94. The van der Waals surface area contributed by atoms with E-state index in [1.165, 1.54) is 6.07 Å². The summed E-state index contributed by atoms with van der Waals surface area (Å²) in [4.78, 5) is 0. The van der Waals surface area contributed by atoms with E-state index in [1.807, 2.05) is 56.3 Å². The van der Waals surface area contributed by atoms with Crippen molar-refractivity contribution in [1.29, 1.82) is 0 Å². The highest BCUT2D eigenvalue weighted by Crippen LogP contribution is 2.26. The smallest absolute Gasteiger partial charge is 0.123 e. The molecule has 2 heteroatoms. The fourth-order valence-electron chi connectivity index (χ4n) is 2.39. The third-order valence-corrected chi connectivity index (χ3v) is 3.36. The summed E-state index contributed by atoms with van der Waals surface area (Å²) in [6, 6.07) is 18.9. The van der Waals surface area contributed by atoms with E-state index in [1.54, 1.807) is 6.07 Å². The topological polar surface area (TPSA) is 9.23 Å². The molecule has 0 atom stereocenters. The zero-order valence-electron chi connectivity index (χ0n) is 12.1. The van der Waals surface area contributed by atoms with Gasteiger partial charge in [0.2, 0.25) is 0 Å². The normalized spacial score (nSPS) is 11.0. The van der Waals surface area contributed by atoms with E-state index in [2.05, 4.69) is 6.07 Å². The minimum atomic E-state index is -0.203. The maximum atomic E-state index is 13.2. The number of fused-ring (bicyclic) bond motifs is 1. The van der Waals surface area contributed by atoms with Gasteiger partial charge in [0.05, 0.1) is 6.10 Å². The van der Waals surface area contributed by atoms with Crippen LogP contribution in [0.2, 0.25) is 0 Å². The summed E-state index contributed by atoms with van der Waals surface area (Å²) in [5, 5.41) is 1.95. The molecule has 3 aromatic carbocycles. The second kappa shape index (κ2) is 5.57. The monoisotopic (exact) mass is 280 g/mol. The van der Waals surface area contributed by atoms with Crippen molar-refractivity contribution in [3.63, 3.8) is 0 Å². The molecule has 0 spiro atoms. The van der Waals surface area contributed by atoms with E-state index in [-0.39, 0.29) is 11.9 Å². The van der Waals surface area contributed by atoms with E-state index in [9.17, 15) is 4.39 Å². The summed E-state index contributed by atoms with van der Waals surface area (Å²) >= 11 is 0. The molecule has 0 heterocycles. The number of ether oxygens (including phenoxy) is 1. The summed E-state index contributed by atoms with van der Waals surface area (Å²) in [6.07, 6.45) is 0.173. The minimum Gasteiger partial charge on any atom is -0.491 e. The Kier molecular flexibility index (Phi) is 3.61. The van der Waals surface area contributed by atoms with Crippen molar-refractivity contribution in [3.05, 3.63) is 66.5 Å². The summed E-state index contributed by atoms with van der Waals surface area (Å²) in [5.74, 6) is 0.669.